The van der Waals surface area contributed by atoms with Gasteiger partial charge in [0, 0.05) is 31.4 Å². The molecule has 2 heterocycles. The van der Waals surface area contributed by atoms with Crippen LogP contribution < -0.4 is 10.2 Å². The number of hydrogen-bond donors (Lipinski definition) is 1. The minimum absolute atomic E-state index is 0.447. The van der Waals surface area contributed by atoms with E-state index in [0.717, 1.165) is 31.1 Å². The van der Waals surface area contributed by atoms with Gasteiger partial charge in [-0.05, 0) is 26.0 Å². The Hall–Kier alpha value is -1.60. The fourth-order valence-corrected chi connectivity index (χ4v) is 2.00. The highest BCUT2D eigenvalue weighted by Gasteiger charge is 2.19. The van der Waals surface area contributed by atoms with Crippen LogP contribution >= 0.6 is 0 Å². The summed E-state index contributed by atoms with van der Waals surface area (Å²) in [5.74, 6) is 0.829. The van der Waals surface area contributed by atoms with Crippen molar-refractivity contribution in [2.24, 2.45) is 0 Å². The third-order valence-electron chi connectivity index (χ3n) is 2.80. The molecule has 0 saturated carbocycles. The van der Waals surface area contributed by atoms with Crippen molar-refractivity contribution in [1.29, 1.82) is 5.26 Å². The van der Waals surface area contributed by atoms with Crippen molar-refractivity contribution in [1.82, 2.24) is 10.3 Å². The summed E-state index contributed by atoms with van der Waals surface area (Å²) in [5.41, 5.74) is 1.62. The summed E-state index contributed by atoms with van der Waals surface area (Å²) in [4.78, 5) is 6.66. The zero-order chi connectivity index (χ0) is 11.5. The lowest BCUT2D eigenvalue weighted by Crippen LogP contribution is -2.49. The second kappa shape index (κ2) is 4.50. The fourth-order valence-electron chi connectivity index (χ4n) is 2.00. The highest BCUT2D eigenvalue weighted by atomic mass is 15.2. The summed E-state index contributed by atoms with van der Waals surface area (Å²) >= 11 is 0. The van der Waals surface area contributed by atoms with E-state index < -0.39 is 0 Å². The molecule has 0 spiro atoms. The number of pyridine rings is 1. The van der Waals surface area contributed by atoms with E-state index in [9.17, 15) is 0 Å². The Kier molecular flexibility index (Phi) is 3.07. The van der Waals surface area contributed by atoms with Crippen molar-refractivity contribution in [3.05, 3.63) is 23.4 Å². The Morgan fingerprint density at radius 2 is 2.38 bits per heavy atom. The molecule has 1 fully saturated rings. The van der Waals surface area contributed by atoms with Gasteiger partial charge >= 0.3 is 0 Å². The molecule has 4 nitrogen and oxygen atoms in total. The number of aromatic nitrogens is 1. The lowest BCUT2D eigenvalue weighted by Gasteiger charge is -2.33. The zero-order valence-electron chi connectivity index (χ0n) is 9.70. The molecule has 0 bridgehead atoms. The molecule has 1 atom stereocenters. The molecular weight excluding hydrogens is 200 g/mol. The van der Waals surface area contributed by atoms with Gasteiger partial charge in [-0.25, -0.2) is 4.98 Å². The van der Waals surface area contributed by atoms with Gasteiger partial charge in [0.2, 0.25) is 0 Å². The number of nitriles is 1. The van der Waals surface area contributed by atoms with Gasteiger partial charge in [-0.1, -0.05) is 0 Å². The van der Waals surface area contributed by atoms with E-state index >= 15 is 0 Å². The minimum Gasteiger partial charge on any atom is -0.353 e. The molecule has 1 saturated heterocycles. The van der Waals surface area contributed by atoms with Crippen LogP contribution in [0.3, 0.4) is 0 Å². The molecule has 1 aliphatic heterocycles. The number of aryl methyl sites for hydroxylation is 1. The van der Waals surface area contributed by atoms with Gasteiger partial charge in [-0.15, -0.1) is 0 Å². The third-order valence-corrected chi connectivity index (χ3v) is 2.80. The van der Waals surface area contributed by atoms with Gasteiger partial charge < -0.3 is 10.2 Å². The second-order valence-corrected chi connectivity index (χ2v) is 4.24. The standard InChI is InChI=1S/C12H16N4/c1-9-3-4-11(7-13)12(15-9)16-6-5-14-10(2)8-16/h3-4,10,14H,5-6,8H2,1-2H3/t10-/m0/s1. The third kappa shape index (κ3) is 2.15. The maximum Gasteiger partial charge on any atom is 0.146 e. The topological polar surface area (TPSA) is 52.0 Å². The van der Waals surface area contributed by atoms with E-state index in [1.807, 2.05) is 19.1 Å². The molecule has 1 aromatic heterocycles. The Labute approximate surface area is 95.9 Å². The minimum atomic E-state index is 0.447. The van der Waals surface area contributed by atoms with E-state index in [2.05, 4.69) is 28.2 Å². The molecule has 0 radical (unpaired) electrons. The van der Waals surface area contributed by atoms with Crippen molar-refractivity contribution in [2.75, 3.05) is 24.5 Å². The van der Waals surface area contributed by atoms with Crippen molar-refractivity contribution in [3.8, 4) is 6.07 Å². The molecule has 84 valence electrons. The Morgan fingerprint density at radius 3 is 3.06 bits per heavy atom. The molecule has 1 aliphatic rings. The van der Waals surface area contributed by atoms with Crippen LogP contribution in [0.4, 0.5) is 5.82 Å². The van der Waals surface area contributed by atoms with Crippen molar-refractivity contribution in [3.63, 3.8) is 0 Å². The van der Waals surface area contributed by atoms with Crippen LogP contribution in [0.2, 0.25) is 0 Å². The van der Waals surface area contributed by atoms with Crippen LogP contribution in [0.5, 0.6) is 0 Å². The highest BCUT2D eigenvalue weighted by molar-refractivity contribution is 5.54. The van der Waals surface area contributed by atoms with Gasteiger partial charge in [-0.2, -0.15) is 5.26 Å². The number of rotatable bonds is 1. The summed E-state index contributed by atoms with van der Waals surface area (Å²) in [6.07, 6.45) is 0. The Morgan fingerprint density at radius 1 is 1.56 bits per heavy atom. The SMILES string of the molecule is Cc1ccc(C#N)c(N2CCN[C@@H](C)C2)n1. The predicted molar refractivity (Wildman–Crippen MR) is 63.4 cm³/mol. The first-order valence-electron chi connectivity index (χ1n) is 5.57. The number of nitrogens with one attached hydrogen (secondary N) is 1. The average molecular weight is 216 g/mol. The van der Waals surface area contributed by atoms with Crippen molar-refractivity contribution >= 4 is 5.82 Å². The number of anilines is 1. The molecule has 0 aromatic carbocycles. The zero-order valence-corrected chi connectivity index (χ0v) is 9.70. The normalized spacial score (nSPS) is 20.6. The van der Waals surface area contributed by atoms with E-state index in [0.29, 0.717) is 11.6 Å². The van der Waals surface area contributed by atoms with E-state index in [4.69, 9.17) is 5.26 Å². The summed E-state index contributed by atoms with van der Waals surface area (Å²) in [6.45, 7) is 6.87. The first-order valence-corrected chi connectivity index (χ1v) is 5.57. The lowest BCUT2D eigenvalue weighted by atomic mass is 10.2. The molecule has 1 aromatic rings. The van der Waals surface area contributed by atoms with E-state index in [-0.39, 0.29) is 0 Å². The molecule has 0 amide bonds. The maximum absolute atomic E-state index is 9.07. The van der Waals surface area contributed by atoms with Gasteiger partial charge in [-0.3, -0.25) is 0 Å². The van der Waals surface area contributed by atoms with Crippen LogP contribution in [-0.2, 0) is 0 Å². The summed E-state index contributed by atoms with van der Waals surface area (Å²) < 4.78 is 0. The molecule has 0 aliphatic carbocycles. The second-order valence-electron chi connectivity index (χ2n) is 4.24. The summed E-state index contributed by atoms with van der Waals surface area (Å²) in [6, 6.07) is 6.39. The van der Waals surface area contributed by atoms with Gasteiger partial charge in [0.05, 0.1) is 5.56 Å². The molecular formula is C12H16N4. The largest absolute Gasteiger partial charge is 0.353 e. The number of piperazine rings is 1. The molecule has 1 N–H and O–H groups in total. The average Bonchev–Trinajstić information content (AvgIpc) is 2.29. The van der Waals surface area contributed by atoms with E-state index in [1.165, 1.54) is 0 Å². The Balaban J connectivity index is 2.31. The summed E-state index contributed by atoms with van der Waals surface area (Å²) in [5, 5.41) is 12.5. The highest BCUT2D eigenvalue weighted by Crippen LogP contribution is 2.18. The Bertz CT molecular complexity index is 422. The first-order chi connectivity index (χ1) is 7.70. The monoisotopic (exact) mass is 216 g/mol. The van der Waals surface area contributed by atoms with Crippen LogP contribution in [-0.4, -0.2) is 30.7 Å². The maximum atomic E-state index is 9.07. The van der Waals surface area contributed by atoms with Crippen LogP contribution in [0, 0.1) is 18.3 Å². The summed E-state index contributed by atoms with van der Waals surface area (Å²) in [7, 11) is 0. The molecule has 4 heteroatoms. The molecule has 16 heavy (non-hydrogen) atoms. The van der Waals surface area contributed by atoms with Crippen molar-refractivity contribution in [2.45, 2.75) is 19.9 Å². The predicted octanol–water partition coefficient (Wildman–Crippen LogP) is 1.06. The van der Waals surface area contributed by atoms with Gasteiger partial charge in [0.1, 0.15) is 11.9 Å². The van der Waals surface area contributed by atoms with Crippen molar-refractivity contribution < 1.29 is 0 Å². The lowest BCUT2D eigenvalue weighted by molar-refractivity contribution is 0.482. The number of hydrogen-bond acceptors (Lipinski definition) is 4. The first kappa shape index (κ1) is 10.9. The number of nitrogens with zero attached hydrogens (tertiary/aromatic N) is 3. The van der Waals surface area contributed by atoms with Crippen LogP contribution in [0.25, 0.3) is 0 Å². The van der Waals surface area contributed by atoms with Gasteiger partial charge in [0.25, 0.3) is 0 Å². The van der Waals surface area contributed by atoms with Crippen LogP contribution in [0.15, 0.2) is 12.1 Å². The quantitative estimate of drug-likeness (QED) is 0.762. The van der Waals surface area contributed by atoms with E-state index in [1.54, 1.807) is 0 Å². The molecule has 0 unspecified atom stereocenters. The fraction of sp³-hybridized carbons (Fsp3) is 0.500. The van der Waals surface area contributed by atoms with Gasteiger partial charge in [0.15, 0.2) is 0 Å². The molecule has 2 rings (SSSR count). The van der Waals surface area contributed by atoms with Crippen LogP contribution in [0.1, 0.15) is 18.2 Å². The smallest absolute Gasteiger partial charge is 0.146 e.